The van der Waals surface area contributed by atoms with E-state index in [1.807, 2.05) is 45.0 Å². The average Bonchev–Trinajstić information content (AvgIpc) is 2.35. The highest BCUT2D eigenvalue weighted by Crippen LogP contribution is 2.17. The van der Waals surface area contributed by atoms with Crippen molar-refractivity contribution in [2.75, 3.05) is 13.2 Å². The van der Waals surface area contributed by atoms with Crippen molar-refractivity contribution in [3.8, 4) is 0 Å². The maximum atomic E-state index is 11.5. The van der Waals surface area contributed by atoms with Gasteiger partial charge in [-0.15, -0.1) is 0 Å². The molecule has 0 bridgehead atoms. The lowest BCUT2D eigenvalue weighted by atomic mass is 10.1. The Labute approximate surface area is 113 Å². The van der Waals surface area contributed by atoms with Gasteiger partial charge in [-0.3, -0.25) is 4.79 Å². The third-order valence-corrected chi connectivity index (χ3v) is 3.00. The molecule has 1 aromatic carbocycles. The van der Waals surface area contributed by atoms with E-state index >= 15 is 0 Å². The molecule has 18 heavy (non-hydrogen) atoms. The average molecular weight is 270 g/mol. The van der Waals surface area contributed by atoms with Crippen LogP contribution in [0.25, 0.3) is 0 Å². The second-order valence-electron chi connectivity index (χ2n) is 4.34. The van der Waals surface area contributed by atoms with Crippen LogP contribution in [0.3, 0.4) is 0 Å². The molecule has 0 fully saturated rings. The zero-order chi connectivity index (χ0) is 13.5. The number of rotatable bonds is 6. The number of esters is 1. The molecule has 0 heterocycles. The van der Waals surface area contributed by atoms with Gasteiger partial charge >= 0.3 is 5.97 Å². The third-order valence-electron chi connectivity index (χ3n) is 2.77. The highest BCUT2D eigenvalue weighted by Gasteiger charge is 2.15. The van der Waals surface area contributed by atoms with E-state index in [0.717, 1.165) is 10.6 Å². The first-order valence-electron chi connectivity index (χ1n) is 6.20. The predicted octanol–water partition coefficient (Wildman–Crippen LogP) is 3.19. The number of carbonyl (C=O) groups is 1. The number of nitrogens with one attached hydrogen (secondary N) is 1. The largest absolute Gasteiger partial charge is 0.466 e. The zero-order valence-electron chi connectivity index (χ0n) is 11.1. The van der Waals surface area contributed by atoms with Crippen LogP contribution in [0.1, 0.15) is 32.4 Å². The van der Waals surface area contributed by atoms with Crippen molar-refractivity contribution in [2.24, 2.45) is 5.92 Å². The van der Waals surface area contributed by atoms with Crippen molar-refractivity contribution in [1.29, 1.82) is 0 Å². The minimum Gasteiger partial charge on any atom is -0.466 e. The van der Waals surface area contributed by atoms with Crippen molar-refractivity contribution in [1.82, 2.24) is 5.32 Å². The van der Waals surface area contributed by atoms with Crippen molar-refractivity contribution >= 4 is 17.6 Å². The molecule has 0 aliphatic rings. The summed E-state index contributed by atoms with van der Waals surface area (Å²) in [5, 5.41) is 4.03. The van der Waals surface area contributed by atoms with Crippen molar-refractivity contribution in [3.05, 3.63) is 34.9 Å². The predicted molar refractivity (Wildman–Crippen MR) is 73.7 cm³/mol. The molecular weight excluding hydrogens is 250 g/mol. The number of hydrogen-bond acceptors (Lipinski definition) is 3. The Morgan fingerprint density at radius 3 is 2.78 bits per heavy atom. The summed E-state index contributed by atoms with van der Waals surface area (Å²) >= 11 is 5.94. The lowest BCUT2D eigenvalue weighted by molar-refractivity contribution is -0.147. The van der Waals surface area contributed by atoms with Crippen LogP contribution in [0.2, 0.25) is 5.02 Å². The van der Waals surface area contributed by atoms with E-state index in [9.17, 15) is 4.79 Å². The van der Waals surface area contributed by atoms with Gasteiger partial charge in [-0.05, 0) is 31.5 Å². The summed E-state index contributed by atoms with van der Waals surface area (Å²) in [6.07, 6.45) is 0. The molecule has 0 spiro atoms. The molecule has 3 nitrogen and oxygen atoms in total. The molecular formula is C14H20ClNO2. The maximum Gasteiger partial charge on any atom is 0.309 e. The van der Waals surface area contributed by atoms with Gasteiger partial charge in [0.2, 0.25) is 0 Å². The monoisotopic (exact) mass is 269 g/mol. The first-order valence-corrected chi connectivity index (χ1v) is 6.57. The lowest BCUT2D eigenvalue weighted by Crippen LogP contribution is -2.29. The SMILES string of the molecule is CCOC(=O)C(C)CNC(C)c1cccc(Cl)c1. The van der Waals surface area contributed by atoms with Crippen LogP contribution in [0.15, 0.2) is 24.3 Å². The summed E-state index contributed by atoms with van der Waals surface area (Å²) in [5.41, 5.74) is 1.11. The first kappa shape index (κ1) is 15.0. The molecule has 0 saturated heterocycles. The fourth-order valence-electron chi connectivity index (χ4n) is 1.62. The van der Waals surface area contributed by atoms with Gasteiger partial charge in [-0.25, -0.2) is 0 Å². The molecule has 0 aliphatic heterocycles. The minimum absolute atomic E-state index is 0.147. The summed E-state index contributed by atoms with van der Waals surface area (Å²) in [5.74, 6) is -0.310. The summed E-state index contributed by atoms with van der Waals surface area (Å²) in [6, 6.07) is 7.86. The van der Waals surface area contributed by atoms with Crippen LogP contribution < -0.4 is 5.32 Å². The van der Waals surface area contributed by atoms with Gasteiger partial charge in [0, 0.05) is 17.6 Å². The van der Waals surface area contributed by atoms with Gasteiger partial charge in [0.25, 0.3) is 0 Å². The maximum absolute atomic E-state index is 11.5. The Morgan fingerprint density at radius 1 is 1.44 bits per heavy atom. The number of hydrogen-bond donors (Lipinski definition) is 1. The molecule has 0 saturated carbocycles. The molecule has 4 heteroatoms. The van der Waals surface area contributed by atoms with E-state index in [4.69, 9.17) is 16.3 Å². The Morgan fingerprint density at radius 2 is 2.17 bits per heavy atom. The number of ether oxygens (including phenoxy) is 1. The van der Waals surface area contributed by atoms with Gasteiger partial charge in [0.05, 0.1) is 12.5 Å². The van der Waals surface area contributed by atoms with Gasteiger partial charge in [-0.1, -0.05) is 30.7 Å². The highest BCUT2D eigenvalue weighted by atomic mass is 35.5. The normalized spacial score (nSPS) is 14.0. The zero-order valence-corrected chi connectivity index (χ0v) is 11.8. The van der Waals surface area contributed by atoms with Crippen molar-refractivity contribution in [2.45, 2.75) is 26.8 Å². The molecule has 0 radical (unpaired) electrons. The molecule has 1 aromatic rings. The summed E-state index contributed by atoms with van der Waals surface area (Å²) < 4.78 is 4.96. The Hall–Kier alpha value is -1.06. The van der Waals surface area contributed by atoms with Gasteiger partial charge in [0.15, 0.2) is 0 Å². The van der Waals surface area contributed by atoms with Crippen LogP contribution in [0.4, 0.5) is 0 Å². The van der Waals surface area contributed by atoms with E-state index in [1.165, 1.54) is 0 Å². The Balaban J connectivity index is 2.46. The second-order valence-corrected chi connectivity index (χ2v) is 4.77. The van der Waals surface area contributed by atoms with E-state index in [0.29, 0.717) is 13.2 Å². The molecule has 100 valence electrons. The summed E-state index contributed by atoms with van der Waals surface area (Å²) in [4.78, 5) is 11.5. The molecule has 0 aliphatic carbocycles. The van der Waals surface area contributed by atoms with Crippen molar-refractivity contribution < 1.29 is 9.53 Å². The topological polar surface area (TPSA) is 38.3 Å². The fourth-order valence-corrected chi connectivity index (χ4v) is 1.81. The van der Waals surface area contributed by atoms with Gasteiger partial charge in [0.1, 0.15) is 0 Å². The minimum atomic E-state index is -0.164. The van der Waals surface area contributed by atoms with E-state index in [2.05, 4.69) is 5.32 Å². The smallest absolute Gasteiger partial charge is 0.309 e. The number of carbonyl (C=O) groups excluding carboxylic acids is 1. The fraction of sp³-hybridized carbons (Fsp3) is 0.500. The molecule has 2 unspecified atom stereocenters. The van der Waals surface area contributed by atoms with Gasteiger partial charge < -0.3 is 10.1 Å². The van der Waals surface area contributed by atoms with E-state index < -0.39 is 0 Å². The van der Waals surface area contributed by atoms with Crippen LogP contribution in [0, 0.1) is 5.92 Å². The van der Waals surface area contributed by atoms with Crippen LogP contribution >= 0.6 is 11.6 Å². The number of benzene rings is 1. The Bertz CT molecular complexity index is 395. The molecule has 1 N–H and O–H groups in total. The first-order chi connectivity index (χ1) is 8.54. The molecule has 2 atom stereocenters. The molecule has 0 aromatic heterocycles. The second kappa shape index (κ2) is 7.39. The Kier molecular flexibility index (Phi) is 6.16. The summed E-state index contributed by atoms with van der Waals surface area (Å²) in [6.45, 7) is 6.73. The summed E-state index contributed by atoms with van der Waals surface area (Å²) in [7, 11) is 0. The van der Waals surface area contributed by atoms with Crippen LogP contribution in [-0.4, -0.2) is 19.1 Å². The van der Waals surface area contributed by atoms with E-state index in [1.54, 1.807) is 0 Å². The van der Waals surface area contributed by atoms with Gasteiger partial charge in [-0.2, -0.15) is 0 Å². The molecule has 0 amide bonds. The van der Waals surface area contributed by atoms with E-state index in [-0.39, 0.29) is 17.9 Å². The van der Waals surface area contributed by atoms with Crippen LogP contribution in [-0.2, 0) is 9.53 Å². The van der Waals surface area contributed by atoms with Crippen LogP contribution in [0.5, 0.6) is 0 Å². The quantitative estimate of drug-likeness (QED) is 0.806. The highest BCUT2D eigenvalue weighted by molar-refractivity contribution is 6.30. The lowest BCUT2D eigenvalue weighted by Gasteiger charge is -2.17. The number of halogens is 1. The standard InChI is InChI=1S/C14H20ClNO2/c1-4-18-14(17)10(2)9-16-11(3)12-6-5-7-13(15)8-12/h5-8,10-11,16H,4,9H2,1-3H3. The van der Waals surface area contributed by atoms with Crippen molar-refractivity contribution in [3.63, 3.8) is 0 Å². The molecule has 1 rings (SSSR count). The third kappa shape index (κ3) is 4.67.